The molecule has 2 aliphatic rings. The van der Waals surface area contributed by atoms with Crippen LogP contribution in [0.3, 0.4) is 0 Å². The Kier molecular flexibility index (Phi) is 7.08. The van der Waals surface area contributed by atoms with E-state index in [1.54, 1.807) is 16.7 Å². The second-order valence-electron chi connectivity index (χ2n) is 7.59. The fourth-order valence-corrected chi connectivity index (χ4v) is 3.99. The second-order valence-corrected chi connectivity index (χ2v) is 7.59. The highest BCUT2D eigenvalue weighted by Gasteiger charge is 2.22. The highest BCUT2D eigenvalue weighted by molar-refractivity contribution is 4.93. The number of hydrogen-bond donors (Lipinski definition) is 0. The molecule has 0 unspecified atom stereocenters. The lowest BCUT2D eigenvalue weighted by molar-refractivity contribution is -0.0180. The Bertz CT molecular complexity index is 566. The van der Waals surface area contributed by atoms with Crippen LogP contribution in [0.5, 0.6) is 0 Å². The number of ether oxygens (including phenoxy) is 1. The molecule has 2 fully saturated rings. The smallest absolute Gasteiger partial charge is 0.250 e. The first-order valence-electron chi connectivity index (χ1n) is 9.94. The van der Waals surface area contributed by atoms with Crippen LogP contribution in [0.1, 0.15) is 32.6 Å². The average Bonchev–Trinajstić information content (AvgIpc) is 2.64. The van der Waals surface area contributed by atoms with Crippen LogP contribution in [0.25, 0.3) is 0 Å². The minimum atomic E-state index is 0.0928. The van der Waals surface area contributed by atoms with Crippen molar-refractivity contribution in [1.29, 1.82) is 0 Å². The monoisotopic (exact) mass is 347 g/mol. The summed E-state index contributed by atoms with van der Waals surface area (Å²) in [4.78, 5) is 16.7. The van der Waals surface area contributed by atoms with Crippen molar-refractivity contribution >= 4 is 0 Å². The van der Waals surface area contributed by atoms with E-state index < -0.39 is 0 Å². The Balaban J connectivity index is 1.31. The van der Waals surface area contributed by atoms with Gasteiger partial charge in [-0.25, -0.2) is 0 Å². The Labute approximate surface area is 151 Å². The van der Waals surface area contributed by atoms with Gasteiger partial charge < -0.3 is 9.30 Å². The Hall–Kier alpha value is -1.17. The molecule has 1 aliphatic heterocycles. The van der Waals surface area contributed by atoms with E-state index in [4.69, 9.17) is 4.74 Å². The topological polar surface area (TPSA) is 37.7 Å². The van der Waals surface area contributed by atoms with E-state index in [0.717, 1.165) is 58.3 Å². The lowest BCUT2D eigenvalue weighted by Crippen LogP contribution is -2.48. The van der Waals surface area contributed by atoms with Gasteiger partial charge in [-0.05, 0) is 24.8 Å². The van der Waals surface area contributed by atoms with Gasteiger partial charge in [0.05, 0.1) is 12.7 Å². The summed E-state index contributed by atoms with van der Waals surface area (Å²) < 4.78 is 7.95. The van der Waals surface area contributed by atoms with Crippen molar-refractivity contribution in [2.75, 3.05) is 45.9 Å². The van der Waals surface area contributed by atoms with E-state index >= 15 is 0 Å². The predicted molar refractivity (Wildman–Crippen MR) is 101 cm³/mol. The number of pyridine rings is 1. The highest BCUT2D eigenvalue weighted by Crippen LogP contribution is 2.26. The number of hydrogen-bond acceptors (Lipinski definition) is 4. The van der Waals surface area contributed by atoms with Gasteiger partial charge >= 0.3 is 0 Å². The minimum Gasteiger partial charge on any atom is -0.377 e. The zero-order valence-electron chi connectivity index (χ0n) is 15.6. The summed E-state index contributed by atoms with van der Waals surface area (Å²) in [5.74, 6) is 0.729. The fourth-order valence-electron chi connectivity index (χ4n) is 3.99. The van der Waals surface area contributed by atoms with Gasteiger partial charge in [-0.2, -0.15) is 0 Å². The van der Waals surface area contributed by atoms with E-state index in [1.807, 2.05) is 12.3 Å². The Morgan fingerprint density at radius 3 is 2.44 bits per heavy atom. The third-order valence-electron chi connectivity index (χ3n) is 5.79. The van der Waals surface area contributed by atoms with Crippen LogP contribution in [0, 0.1) is 5.92 Å². The van der Waals surface area contributed by atoms with Gasteiger partial charge in [0.25, 0.3) is 5.56 Å². The standard InChI is InChI=1S/C20H33N3O2/c1-18-6-2-3-7-19(18)25-17-16-22-12-10-21(11-13-22)14-15-23-9-5-4-8-20(23)24/h4-5,8-9,18-19H,2-3,6-7,10-17H2,1H3/t18-,19-/m1/s1. The maximum atomic E-state index is 11.7. The summed E-state index contributed by atoms with van der Waals surface area (Å²) in [6.45, 7) is 10.4. The number of aromatic nitrogens is 1. The molecule has 1 aromatic heterocycles. The van der Waals surface area contributed by atoms with E-state index in [1.165, 1.54) is 25.7 Å². The fraction of sp³-hybridized carbons (Fsp3) is 0.750. The van der Waals surface area contributed by atoms with E-state index in [2.05, 4.69) is 16.7 Å². The van der Waals surface area contributed by atoms with Gasteiger partial charge in [-0.15, -0.1) is 0 Å². The van der Waals surface area contributed by atoms with E-state index in [-0.39, 0.29) is 5.56 Å². The number of piperazine rings is 1. The quantitative estimate of drug-likeness (QED) is 0.757. The van der Waals surface area contributed by atoms with Crippen LogP contribution in [0.2, 0.25) is 0 Å². The highest BCUT2D eigenvalue weighted by atomic mass is 16.5. The minimum absolute atomic E-state index is 0.0928. The summed E-state index contributed by atoms with van der Waals surface area (Å²) in [6.07, 6.45) is 7.64. The maximum absolute atomic E-state index is 11.7. The molecule has 1 aliphatic carbocycles. The van der Waals surface area contributed by atoms with Crippen molar-refractivity contribution in [3.63, 3.8) is 0 Å². The molecule has 0 aromatic carbocycles. The summed E-state index contributed by atoms with van der Waals surface area (Å²) in [5.41, 5.74) is 0.0928. The molecular weight excluding hydrogens is 314 g/mol. The second kappa shape index (κ2) is 9.51. The van der Waals surface area contributed by atoms with E-state index in [9.17, 15) is 4.79 Å². The maximum Gasteiger partial charge on any atom is 0.250 e. The van der Waals surface area contributed by atoms with Gasteiger partial charge in [-0.1, -0.05) is 25.8 Å². The van der Waals surface area contributed by atoms with Crippen LogP contribution in [0.15, 0.2) is 29.2 Å². The van der Waals surface area contributed by atoms with Crippen molar-refractivity contribution in [2.45, 2.75) is 45.3 Å². The first-order chi connectivity index (χ1) is 12.2. The van der Waals surface area contributed by atoms with Crippen LogP contribution < -0.4 is 5.56 Å². The largest absolute Gasteiger partial charge is 0.377 e. The predicted octanol–water partition coefficient (Wildman–Crippen LogP) is 2.06. The molecule has 0 N–H and O–H groups in total. The van der Waals surface area contributed by atoms with Crippen LogP contribution in [-0.4, -0.2) is 66.3 Å². The molecule has 3 rings (SSSR count). The van der Waals surface area contributed by atoms with Crippen molar-refractivity contribution in [3.05, 3.63) is 34.7 Å². The summed E-state index contributed by atoms with van der Waals surface area (Å²) in [6, 6.07) is 5.35. The van der Waals surface area contributed by atoms with Crippen LogP contribution >= 0.6 is 0 Å². The first kappa shape index (κ1) is 18.6. The Morgan fingerprint density at radius 1 is 1.00 bits per heavy atom. The summed E-state index contributed by atoms with van der Waals surface area (Å²) in [7, 11) is 0. The molecule has 1 aromatic rings. The molecule has 0 spiro atoms. The van der Waals surface area contributed by atoms with Crippen molar-refractivity contribution < 1.29 is 4.74 Å². The zero-order chi connectivity index (χ0) is 17.5. The SMILES string of the molecule is C[C@@H]1CCCC[C@H]1OCCN1CCN(CCn2ccccc2=O)CC1. The molecule has 0 radical (unpaired) electrons. The number of rotatable bonds is 7. The zero-order valence-corrected chi connectivity index (χ0v) is 15.6. The van der Waals surface area contributed by atoms with Gasteiger partial charge in [0.15, 0.2) is 0 Å². The van der Waals surface area contributed by atoms with Crippen molar-refractivity contribution in [1.82, 2.24) is 14.4 Å². The van der Waals surface area contributed by atoms with Gasteiger partial charge in [0.1, 0.15) is 0 Å². The molecule has 140 valence electrons. The average molecular weight is 348 g/mol. The first-order valence-corrected chi connectivity index (χ1v) is 9.94. The third kappa shape index (κ3) is 5.66. The Morgan fingerprint density at radius 2 is 1.72 bits per heavy atom. The molecule has 0 bridgehead atoms. The lowest BCUT2D eigenvalue weighted by atomic mass is 9.88. The lowest BCUT2D eigenvalue weighted by Gasteiger charge is -2.35. The van der Waals surface area contributed by atoms with Crippen molar-refractivity contribution in [2.24, 2.45) is 5.92 Å². The van der Waals surface area contributed by atoms with Gasteiger partial charge in [0.2, 0.25) is 0 Å². The molecular formula is C20H33N3O2. The third-order valence-corrected chi connectivity index (χ3v) is 5.79. The van der Waals surface area contributed by atoms with Crippen molar-refractivity contribution in [3.8, 4) is 0 Å². The van der Waals surface area contributed by atoms with Gasteiger partial charge in [0, 0.05) is 58.1 Å². The summed E-state index contributed by atoms with van der Waals surface area (Å²) >= 11 is 0. The van der Waals surface area contributed by atoms with E-state index in [0.29, 0.717) is 6.10 Å². The molecule has 25 heavy (non-hydrogen) atoms. The number of nitrogens with zero attached hydrogens (tertiary/aromatic N) is 3. The molecule has 1 saturated carbocycles. The molecule has 1 saturated heterocycles. The molecule has 2 heterocycles. The van der Waals surface area contributed by atoms with Crippen LogP contribution in [-0.2, 0) is 11.3 Å². The molecule has 5 heteroatoms. The molecule has 0 amide bonds. The normalized spacial score (nSPS) is 26.0. The van der Waals surface area contributed by atoms with Gasteiger partial charge in [-0.3, -0.25) is 14.6 Å². The summed E-state index contributed by atoms with van der Waals surface area (Å²) in [5, 5.41) is 0. The molecule has 2 atom stereocenters. The van der Waals surface area contributed by atoms with Crippen LogP contribution in [0.4, 0.5) is 0 Å². The molecule has 5 nitrogen and oxygen atoms in total.